The van der Waals surface area contributed by atoms with E-state index < -0.39 is 42.6 Å². The monoisotopic (exact) mass is 332 g/mol. The smallest absolute Gasteiger partial charge is 0.407 e. The molecule has 0 saturated heterocycles. The van der Waals surface area contributed by atoms with Gasteiger partial charge in [-0.3, -0.25) is 0 Å². The number of ether oxygens (including phenoxy) is 1. The number of nitrogens with one attached hydrogen (secondary N) is 2. The number of amides is 1. The van der Waals surface area contributed by atoms with Crippen molar-refractivity contribution in [1.82, 2.24) is 10.6 Å². The van der Waals surface area contributed by atoms with Crippen molar-refractivity contribution < 1.29 is 22.7 Å². The van der Waals surface area contributed by atoms with Crippen LogP contribution in [-0.2, 0) is 4.74 Å². The van der Waals surface area contributed by atoms with Gasteiger partial charge in [0.05, 0.1) is 13.1 Å². The lowest BCUT2D eigenvalue weighted by Crippen LogP contribution is -2.45. The first-order valence-electron chi connectivity index (χ1n) is 7.32. The maximum Gasteiger partial charge on any atom is 0.407 e. The van der Waals surface area contributed by atoms with Crippen LogP contribution in [0.4, 0.5) is 18.0 Å². The molecule has 1 unspecified atom stereocenters. The van der Waals surface area contributed by atoms with Gasteiger partial charge >= 0.3 is 6.09 Å². The third-order valence-corrected chi connectivity index (χ3v) is 2.91. The molecule has 1 aromatic rings. The highest BCUT2D eigenvalue weighted by molar-refractivity contribution is 5.67. The molecule has 2 N–H and O–H groups in total. The Kier molecular flexibility index (Phi) is 6.44. The van der Waals surface area contributed by atoms with Gasteiger partial charge in [-0.05, 0) is 45.4 Å². The summed E-state index contributed by atoms with van der Waals surface area (Å²) in [6.07, 6.45) is -0.893. The SMILES string of the molecule is CC(NCC(F)(F)CNC(=O)OC(C)(C)C)c1cccc(F)c1. The molecule has 7 heteroatoms. The molecule has 0 aliphatic rings. The lowest BCUT2D eigenvalue weighted by molar-refractivity contribution is -0.00525. The Bertz CT molecular complexity index is 530. The molecule has 0 aliphatic carbocycles. The molecule has 0 bridgehead atoms. The van der Waals surface area contributed by atoms with Crippen molar-refractivity contribution in [3.8, 4) is 0 Å². The summed E-state index contributed by atoms with van der Waals surface area (Å²) in [6, 6.07) is 5.30. The lowest BCUT2D eigenvalue weighted by atomic mass is 10.1. The molecule has 0 heterocycles. The number of carbonyl (C=O) groups excluding carboxylic acids is 1. The van der Waals surface area contributed by atoms with Gasteiger partial charge in [0, 0.05) is 6.04 Å². The van der Waals surface area contributed by atoms with Crippen molar-refractivity contribution in [3.63, 3.8) is 0 Å². The Morgan fingerprint density at radius 1 is 1.26 bits per heavy atom. The molecule has 1 atom stereocenters. The number of rotatable bonds is 6. The average Bonchev–Trinajstić information content (AvgIpc) is 2.41. The van der Waals surface area contributed by atoms with Gasteiger partial charge in [0.25, 0.3) is 5.92 Å². The average molecular weight is 332 g/mol. The van der Waals surface area contributed by atoms with Crippen LogP contribution >= 0.6 is 0 Å². The van der Waals surface area contributed by atoms with E-state index >= 15 is 0 Å². The Morgan fingerprint density at radius 2 is 1.91 bits per heavy atom. The normalized spacial score (nSPS) is 13.5. The molecule has 0 fully saturated rings. The molecule has 0 aliphatic heterocycles. The van der Waals surface area contributed by atoms with Crippen molar-refractivity contribution in [2.24, 2.45) is 0 Å². The van der Waals surface area contributed by atoms with Crippen LogP contribution in [0, 0.1) is 5.82 Å². The van der Waals surface area contributed by atoms with Crippen LogP contribution in [0.2, 0.25) is 0 Å². The van der Waals surface area contributed by atoms with Gasteiger partial charge in [0.2, 0.25) is 0 Å². The van der Waals surface area contributed by atoms with Crippen LogP contribution in [0.5, 0.6) is 0 Å². The number of carbonyl (C=O) groups is 1. The van der Waals surface area contributed by atoms with Gasteiger partial charge in [0.15, 0.2) is 0 Å². The van der Waals surface area contributed by atoms with Crippen LogP contribution in [0.25, 0.3) is 0 Å². The molecule has 23 heavy (non-hydrogen) atoms. The van der Waals surface area contributed by atoms with Crippen molar-refractivity contribution >= 4 is 6.09 Å². The summed E-state index contributed by atoms with van der Waals surface area (Å²) in [5.74, 6) is -3.58. The zero-order valence-electron chi connectivity index (χ0n) is 13.8. The first-order valence-corrected chi connectivity index (χ1v) is 7.32. The molecule has 0 radical (unpaired) electrons. The first-order chi connectivity index (χ1) is 10.5. The standard InChI is InChI=1S/C16H23F3N2O2/c1-11(12-6-5-7-13(17)8-12)20-9-16(18,19)10-21-14(22)23-15(2,3)4/h5-8,11,20H,9-10H2,1-4H3,(H,21,22). The second-order valence-electron chi connectivity index (χ2n) is 6.37. The number of hydrogen-bond acceptors (Lipinski definition) is 3. The van der Waals surface area contributed by atoms with Crippen molar-refractivity contribution in [3.05, 3.63) is 35.6 Å². The van der Waals surface area contributed by atoms with Crippen molar-refractivity contribution in [2.45, 2.75) is 45.3 Å². The Balaban J connectivity index is 2.44. The summed E-state index contributed by atoms with van der Waals surface area (Å²) in [5, 5.41) is 4.67. The highest BCUT2D eigenvalue weighted by atomic mass is 19.3. The summed E-state index contributed by atoms with van der Waals surface area (Å²) in [7, 11) is 0. The quantitative estimate of drug-likeness (QED) is 0.836. The molecule has 0 spiro atoms. The third-order valence-electron chi connectivity index (χ3n) is 2.91. The number of alkyl carbamates (subject to hydrolysis) is 1. The largest absolute Gasteiger partial charge is 0.444 e. The molecular weight excluding hydrogens is 309 g/mol. The fourth-order valence-electron chi connectivity index (χ4n) is 1.77. The molecule has 1 aromatic carbocycles. The van der Waals surface area contributed by atoms with E-state index in [0.29, 0.717) is 5.56 Å². The zero-order chi connectivity index (χ0) is 17.7. The molecule has 4 nitrogen and oxygen atoms in total. The maximum atomic E-state index is 13.8. The number of alkyl halides is 2. The van der Waals surface area contributed by atoms with Gasteiger partial charge in [0.1, 0.15) is 11.4 Å². The lowest BCUT2D eigenvalue weighted by Gasteiger charge is -2.23. The molecule has 1 rings (SSSR count). The van der Waals surface area contributed by atoms with Crippen LogP contribution in [-0.4, -0.2) is 30.7 Å². The van der Waals surface area contributed by atoms with Crippen LogP contribution in [0.1, 0.15) is 39.3 Å². The Hall–Kier alpha value is -1.76. The van der Waals surface area contributed by atoms with E-state index in [1.54, 1.807) is 33.8 Å². The number of halogens is 3. The van der Waals surface area contributed by atoms with Crippen molar-refractivity contribution in [1.29, 1.82) is 0 Å². The second-order valence-corrected chi connectivity index (χ2v) is 6.37. The van der Waals surface area contributed by atoms with E-state index in [0.717, 1.165) is 0 Å². The Labute approximate surface area is 134 Å². The summed E-state index contributed by atoms with van der Waals surface area (Å²) in [5.41, 5.74) is -0.176. The topological polar surface area (TPSA) is 50.4 Å². The second kappa shape index (κ2) is 7.68. The maximum absolute atomic E-state index is 13.8. The van der Waals surface area contributed by atoms with Gasteiger partial charge in [-0.1, -0.05) is 12.1 Å². The van der Waals surface area contributed by atoms with E-state index in [4.69, 9.17) is 4.74 Å². The summed E-state index contributed by atoms with van der Waals surface area (Å²) < 4.78 is 45.5. The van der Waals surface area contributed by atoms with Gasteiger partial charge < -0.3 is 15.4 Å². The first kappa shape index (κ1) is 19.3. The summed E-state index contributed by atoms with van der Waals surface area (Å²) in [4.78, 5) is 11.4. The van der Waals surface area contributed by atoms with E-state index in [1.807, 2.05) is 5.32 Å². The van der Waals surface area contributed by atoms with Crippen molar-refractivity contribution in [2.75, 3.05) is 13.1 Å². The predicted molar refractivity (Wildman–Crippen MR) is 82.0 cm³/mol. The zero-order valence-corrected chi connectivity index (χ0v) is 13.8. The Morgan fingerprint density at radius 3 is 2.48 bits per heavy atom. The van der Waals surface area contributed by atoms with E-state index in [-0.39, 0.29) is 0 Å². The van der Waals surface area contributed by atoms with Crippen LogP contribution in [0.15, 0.2) is 24.3 Å². The highest BCUT2D eigenvalue weighted by Crippen LogP contribution is 2.17. The predicted octanol–water partition coefficient (Wildman–Crippen LogP) is 3.64. The van der Waals surface area contributed by atoms with E-state index in [9.17, 15) is 18.0 Å². The minimum atomic E-state index is -3.15. The number of hydrogen-bond donors (Lipinski definition) is 2. The minimum absolute atomic E-state index is 0.422. The highest BCUT2D eigenvalue weighted by Gasteiger charge is 2.30. The van der Waals surface area contributed by atoms with Crippen LogP contribution in [0.3, 0.4) is 0 Å². The number of benzene rings is 1. The molecule has 1 amide bonds. The van der Waals surface area contributed by atoms with E-state index in [1.165, 1.54) is 18.2 Å². The van der Waals surface area contributed by atoms with Gasteiger partial charge in [-0.25, -0.2) is 18.0 Å². The van der Waals surface area contributed by atoms with E-state index in [2.05, 4.69) is 5.32 Å². The molecule has 0 aromatic heterocycles. The molecular formula is C16H23F3N2O2. The molecule has 130 valence electrons. The van der Waals surface area contributed by atoms with Gasteiger partial charge in [-0.15, -0.1) is 0 Å². The third kappa shape index (κ3) is 7.88. The molecule has 0 saturated carbocycles. The minimum Gasteiger partial charge on any atom is -0.444 e. The fraction of sp³-hybridized carbons (Fsp3) is 0.562. The fourth-order valence-corrected chi connectivity index (χ4v) is 1.77. The van der Waals surface area contributed by atoms with Gasteiger partial charge in [-0.2, -0.15) is 0 Å². The summed E-state index contributed by atoms with van der Waals surface area (Å²) in [6.45, 7) is 5.10. The van der Waals surface area contributed by atoms with Crippen LogP contribution < -0.4 is 10.6 Å². The summed E-state index contributed by atoms with van der Waals surface area (Å²) >= 11 is 0.